The van der Waals surface area contributed by atoms with E-state index in [2.05, 4.69) is 10.1 Å². The number of halogens is 2. The monoisotopic (exact) mass is 469 g/mol. The van der Waals surface area contributed by atoms with Gasteiger partial charge in [0.1, 0.15) is 11.5 Å². The lowest BCUT2D eigenvalue weighted by molar-refractivity contribution is -0.122. The molecule has 2 aromatic rings. The highest BCUT2D eigenvalue weighted by molar-refractivity contribution is 7.89. The number of sulfonamides is 1. The number of carbonyl (C=O) groups excluding carboxylic acids is 1. The quantitative estimate of drug-likeness (QED) is 0.604. The zero-order chi connectivity index (χ0) is 23.1. The molecule has 11 heteroatoms. The van der Waals surface area contributed by atoms with Crippen LogP contribution in [0.25, 0.3) is 0 Å². The fourth-order valence-electron chi connectivity index (χ4n) is 3.27. The van der Waals surface area contributed by atoms with Crippen LogP contribution in [0.15, 0.2) is 53.4 Å². The van der Waals surface area contributed by atoms with Gasteiger partial charge in [0, 0.05) is 32.7 Å². The molecule has 32 heavy (non-hydrogen) atoms. The first kappa shape index (κ1) is 23.9. The van der Waals surface area contributed by atoms with Crippen molar-refractivity contribution in [1.29, 1.82) is 0 Å². The van der Waals surface area contributed by atoms with Crippen molar-refractivity contribution in [2.75, 3.05) is 39.8 Å². The van der Waals surface area contributed by atoms with Gasteiger partial charge < -0.3 is 14.8 Å². The largest absolute Gasteiger partial charge is 0.497 e. The highest BCUT2D eigenvalue weighted by Crippen LogP contribution is 2.20. The third kappa shape index (κ3) is 6.38. The van der Waals surface area contributed by atoms with Gasteiger partial charge in [-0.05, 0) is 42.0 Å². The smallest absolute Gasteiger partial charge is 0.387 e. The van der Waals surface area contributed by atoms with E-state index in [9.17, 15) is 22.0 Å². The Balaban J connectivity index is 1.44. The van der Waals surface area contributed by atoms with Crippen molar-refractivity contribution in [1.82, 2.24) is 14.5 Å². The number of ether oxygens (including phenoxy) is 2. The molecule has 3 rings (SSSR count). The minimum absolute atomic E-state index is 0.0533. The molecular weight excluding hydrogens is 444 g/mol. The second-order valence-corrected chi connectivity index (χ2v) is 9.09. The number of hydrogen-bond donors (Lipinski definition) is 1. The average molecular weight is 470 g/mol. The van der Waals surface area contributed by atoms with Gasteiger partial charge in [0.2, 0.25) is 15.9 Å². The summed E-state index contributed by atoms with van der Waals surface area (Å²) in [4.78, 5) is 14.3. The molecular formula is C21H25F2N3O5S. The molecule has 1 heterocycles. The molecule has 0 unspecified atom stereocenters. The number of alkyl halides is 2. The molecule has 1 saturated heterocycles. The van der Waals surface area contributed by atoms with Crippen LogP contribution < -0.4 is 14.8 Å². The Labute approximate surface area is 185 Å². The molecule has 0 bridgehead atoms. The molecule has 0 spiro atoms. The number of methoxy groups -OCH3 is 1. The Morgan fingerprint density at radius 1 is 1.00 bits per heavy atom. The minimum atomic E-state index is -3.60. The molecule has 174 valence electrons. The van der Waals surface area contributed by atoms with Crippen LogP contribution in [0.5, 0.6) is 11.5 Å². The average Bonchev–Trinajstić information content (AvgIpc) is 2.78. The third-order valence-corrected chi connectivity index (χ3v) is 6.95. The SMILES string of the molecule is COc1ccc(S(=O)(=O)N2CCN(CC(=O)NCc3ccc(OC(F)F)cc3)CC2)cc1. The van der Waals surface area contributed by atoms with Crippen molar-refractivity contribution in [3.63, 3.8) is 0 Å². The van der Waals surface area contributed by atoms with Gasteiger partial charge in [0.15, 0.2) is 0 Å². The summed E-state index contributed by atoms with van der Waals surface area (Å²) >= 11 is 0. The molecule has 0 aliphatic carbocycles. The van der Waals surface area contributed by atoms with Crippen LogP contribution in [0.1, 0.15) is 5.56 Å². The van der Waals surface area contributed by atoms with E-state index in [-0.39, 0.29) is 42.7 Å². The van der Waals surface area contributed by atoms with Crippen molar-refractivity contribution < 1.29 is 31.5 Å². The van der Waals surface area contributed by atoms with Crippen LogP contribution in [0.4, 0.5) is 8.78 Å². The van der Waals surface area contributed by atoms with E-state index in [0.717, 1.165) is 5.56 Å². The van der Waals surface area contributed by atoms with Crippen molar-refractivity contribution in [3.8, 4) is 11.5 Å². The second-order valence-electron chi connectivity index (χ2n) is 7.15. The molecule has 1 amide bonds. The summed E-state index contributed by atoms with van der Waals surface area (Å²) in [5, 5.41) is 2.77. The summed E-state index contributed by atoms with van der Waals surface area (Å²) in [6.07, 6.45) is 0. The van der Waals surface area contributed by atoms with Crippen LogP contribution in [-0.4, -0.2) is 70.0 Å². The molecule has 1 aliphatic rings. The van der Waals surface area contributed by atoms with Crippen molar-refractivity contribution in [2.45, 2.75) is 18.1 Å². The van der Waals surface area contributed by atoms with Gasteiger partial charge >= 0.3 is 6.61 Å². The first-order valence-electron chi connectivity index (χ1n) is 9.95. The molecule has 0 saturated carbocycles. The first-order valence-corrected chi connectivity index (χ1v) is 11.4. The lowest BCUT2D eigenvalue weighted by Crippen LogP contribution is -2.50. The van der Waals surface area contributed by atoms with Crippen LogP contribution in [0, 0.1) is 0 Å². The van der Waals surface area contributed by atoms with E-state index < -0.39 is 16.6 Å². The van der Waals surface area contributed by atoms with E-state index >= 15 is 0 Å². The Hall–Kier alpha value is -2.76. The lowest BCUT2D eigenvalue weighted by Gasteiger charge is -2.33. The maximum absolute atomic E-state index is 12.8. The number of piperazine rings is 1. The molecule has 0 radical (unpaired) electrons. The van der Waals surface area contributed by atoms with E-state index in [1.165, 1.54) is 35.7 Å². The Morgan fingerprint density at radius 3 is 2.16 bits per heavy atom. The topological polar surface area (TPSA) is 88.2 Å². The zero-order valence-corrected chi connectivity index (χ0v) is 18.4. The number of hydrogen-bond acceptors (Lipinski definition) is 6. The van der Waals surface area contributed by atoms with Gasteiger partial charge in [0.25, 0.3) is 0 Å². The van der Waals surface area contributed by atoms with Gasteiger partial charge in [-0.25, -0.2) is 8.42 Å². The molecule has 1 N–H and O–H groups in total. The fourth-order valence-corrected chi connectivity index (χ4v) is 4.70. The van der Waals surface area contributed by atoms with Crippen LogP contribution in [-0.2, 0) is 21.4 Å². The van der Waals surface area contributed by atoms with E-state index in [4.69, 9.17) is 4.74 Å². The third-order valence-electron chi connectivity index (χ3n) is 5.03. The van der Waals surface area contributed by atoms with Crippen molar-refractivity contribution in [3.05, 3.63) is 54.1 Å². The summed E-state index contributed by atoms with van der Waals surface area (Å²) in [5.74, 6) is 0.430. The van der Waals surface area contributed by atoms with Gasteiger partial charge in [-0.2, -0.15) is 13.1 Å². The Bertz CT molecular complexity index is 993. The highest BCUT2D eigenvalue weighted by Gasteiger charge is 2.29. The molecule has 0 atom stereocenters. The van der Waals surface area contributed by atoms with E-state index in [0.29, 0.717) is 18.8 Å². The Morgan fingerprint density at radius 2 is 1.59 bits per heavy atom. The molecule has 2 aromatic carbocycles. The molecule has 1 fully saturated rings. The van der Waals surface area contributed by atoms with Crippen molar-refractivity contribution >= 4 is 15.9 Å². The minimum Gasteiger partial charge on any atom is -0.497 e. The normalized spacial score (nSPS) is 15.5. The number of rotatable bonds is 9. The van der Waals surface area contributed by atoms with Gasteiger partial charge in [-0.3, -0.25) is 9.69 Å². The summed E-state index contributed by atoms with van der Waals surface area (Å²) in [6.45, 7) is -1.05. The van der Waals surface area contributed by atoms with E-state index in [1.54, 1.807) is 24.3 Å². The predicted octanol–water partition coefficient (Wildman–Crippen LogP) is 1.92. The predicted molar refractivity (Wildman–Crippen MR) is 113 cm³/mol. The maximum atomic E-state index is 12.8. The van der Waals surface area contributed by atoms with Gasteiger partial charge in [0.05, 0.1) is 18.6 Å². The van der Waals surface area contributed by atoms with E-state index in [1.807, 2.05) is 4.90 Å². The summed E-state index contributed by atoms with van der Waals surface area (Å²) < 4.78 is 60.7. The summed E-state index contributed by atoms with van der Waals surface area (Å²) in [5.41, 5.74) is 0.746. The molecule has 1 aliphatic heterocycles. The van der Waals surface area contributed by atoms with Gasteiger partial charge in [-0.1, -0.05) is 12.1 Å². The molecule has 8 nitrogen and oxygen atoms in total. The lowest BCUT2D eigenvalue weighted by atomic mass is 10.2. The summed E-state index contributed by atoms with van der Waals surface area (Å²) in [7, 11) is -2.09. The zero-order valence-electron chi connectivity index (χ0n) is 17.5. The summed E-state index contributed by atoms with van der Waals surface area (Å²) in [6, 6.07) is 12.3. The van der Waals surface area contributed by atoms with Crippen molar-refractivity contribution in [2.24, 2.45) is 0 Å². The number of nitrogens with one attached hydrogen (secondary N) is 1. The fraction of sp³-hybridized carbons (Fsp3) is 0.381. The number of benzene rings is 2. The molecule has 0 aromatic heterocycles. The standard InChI is InChI=1S/C21H25F2N3O5S/c1-30-17-6-8-19(9-7-17)32(28,29)26-12-10-25(11-13-26)15-20(27)24-14-16-2-4-18(5-3-16)31-21(22)23/h2-9,21H,10-15H2,1H3,(H,24,27). The maximum Gasteiger partial charge on any atom is 0.387 e. The number of amides is 1. The second kappa shape index (κ2) is 10.7. The number of carbonyl (C=O) groups is 1. The first-order chi connectivity index (χ1) is 15.3. The highest BCUT2D eigenvalue weighted by atomic mass is 32.2. The van der Waals surface area contributed by atoms with Crippen LogP contribution in [0.3, 0.4) is 0 Å². The van der Waals surface area contributed by atoms with Crippen LogP contribution >= 0.6 is 0 Å². The Kier molecular flexibility index (Phi) is 7.99. The van der Waals surface area contributed by atoms with Gasteiger partial charge in [-0.15, -0.1) is 0 Å². The van der Waals surface area contributed by atoms with Crippen LogP contribution in [0.2, 0.25) is 0 Å². The number of nitrogens with zero attached hydrogens (tertiary/aromatic N) is 2.